The highest BCUT2D eigenvalue weighted by Crippen LogP contribution is 2.20. The van der Waals surface area contributed by atoms with Crippen LogP contribution in [0.25, 0.3) is 0 Å². The first-order valence-corrected chi connectivity index (χ1v) is 8.23. The van der Waals surface area contributed by atoms with Crippen LogP contribution in [0, 0.1) is 11.3 Å². The molecule has 2 N–H and O–H groups in total. The fourth-order valence-corrected chi connectivity index (χ4v) is 3.62. The van der Waals surface area contributed by atoms with Crippen molar-refractivity contribution in [3.63, 3.8) is 0 Å². The van der Waals surface area contributed by atoms with Crippen LogP contribution < -0.4 is 10.0 Å². The molecule has 1 heterocycles. The van der Waals surface area contributed by atoms with Crippen molar-refractivity contribution >= 4 is 22.4 Å². The molecular formula is C14H20ClN3O3S. The van der Waals surface area contributed by atoms with Crippen molar-refractivity contribution in [1.29, 1.82) is 5.26 Å². The van der Waals surface area contributed by atoms with Gasteiger partial charge in [0.2, 0.25) is 10.0 Å². The summed E-state index contributed by atoms with van der Waals surface area (Å²) in [6.45, 7) is 1.61. The lowest BCUT2D eigenvalue weighted by atomic mass is 9.99. The molecule has 0 bridgehead atoms. The van der Waals surface area contributed by atoms with Gasteiger partial charge in [0.25, 0.3) is 0 Å². The van der Waals surface area contributed by atoms with Gasteiger partial charge in [-0.25, -0.2) is 13.1 Å². The number of benzene rings is 1. The SMILES string of the molecule is COCC1(CNS(=O)(=O)c2ccc(C#N)cc2)CCCN1.Cl. The van der Waals surface area contributed by atoms with Gasteiger partial charge in [-0.05, 0) is 43.7 Å². The molecule has 0 spiro atoms. The zero-order chi connectivity index (χ0) is 15.3. The highest BCUT2D eigenvalue weighted by Gasteiger charge is 2.34. The van der Waals surface area contributed by atoms with Crippen molar-refractivity contribution in [3.8, 4) is 6.07 Å². The second kappa shape index (κ2) is 7.90. The molecule has 1 aromatic carbocycles. The van der Waals surface area contributed by atoms with Crippen LogP contribution in [0.2, 0.25) is 0 Å². The maximum atomic E-state index is 12.3. The Morgan fingerprint density at radius 3 is 2.59 bits per heavy atom. The molecule has 1 unspecified atom stereocenters. The van der Waals surface area contributed by atoms with Crippen molar-refractivity contribution in [2.45, 2.75) is 23.3 Å². The minimum atomic E-state index is -3.58. The predicted molar refractivity (Wildman–Crippen MR) is 85.4 cm³/mol. The van der Waals surface area contributed by atoms with Gasteiger partial charge < -0.3 is 10.1 Å². The van der Waals surface area contributed by atoms with E-state index in [4.69, 9.17) is 10.00 Å². The summed E-state index contributed by atoms with van der Waals surface area (Å²) in [4.78, 5) is 0.159. The minimum absolute atomic E-state index is 0. The molecule has 6 nitrogen and oxygen atoms in total. The lowest BCUT2D eigenvalue weighted by Crippen LogP contribution is -2.52. The van der Waals surface area contributed by atoms with Crippen molar-refractivity contribution in [3.05, 3.63) is 29.8 Å². The molecule has 1 aliphatic heterocycles. The third kappa shape index (κ3) is 4.41. The Balaban J connectivity index is 0.00000242. The standard InChI is InChI=1S/C14H19N3O3S.ClH/c1-20-11-14(7-2-8-16-14)10-17-21(18,19)13-5-3-12(9-15)4-6-13;/h3-6,16-17H,2,7-8,10-11H2,1H3;1H. The van der Waals surface area contributed by atoms with Gasteiger partial charge in [-0.15, -0.1) is 12.4 Å². The van der Waals surface area contributed by atoms with E-state index in [1.54, 1.807) is 7.11 Å². The average molecular weight is 346 g/mol. The van der Waals surface area contributed by atoms with E-state index < -0.39 is 10.0 Å². The first kappa shape index (κ1) is 18.9. The van der Waals surface area contributed by atoms with E-state index in [0.717, 1.165) is 19.4 Å². The van der Waals surface area contributed by atoms with Crippen LogP contribution >= 0.6 is 12.4 Å². The Hall–Kier alpha value is -1.17. The van der Waals surface area contributed by atoms with Crippen molar-refractivity contribution in [2.75, 3.05) is 26.8 Å². The number of hydrogen-bond donors (Lipinski definition) is 2. The van der Waals surface area contributed by atoms with Gasteiger partial charge in [0.15, 0.2) is 0 Å². The highest BCUT2D eigenvalue weighted by atomic mass is 35.5. The molecule has 0 aromatic heterocycles. The van der Waals surface area contributed by atoms with E-state index in [9.17, 15) is 8.42 Å². The van der Waals surface area contributed by atoms with Crippen LogP contribution in [-0.4, -0.2) is 40.8 Å². The Kier molecular flexibility index (Phi) is 6.78. The summed E-state index contributed by atoms with van der Waals surface area (Å²) in [5.41, 5.74) is 0.0938. The summed E-state index contributed by atoms with van der Waals surface area (Å²) in [5, 5.41) is 12.1. The van der Waals surface area contributed by atoms with Gasteiger partial charge >= 0.3 is 0 Å². The first-order chi connectivity index (χ1) is 10.0. The molecule has 2 rings (SSSR count). The predicted octanol–water partition coefficient (Wildman–Crippen LogP) is 1.03. The molecule has 1 saturated heterocycles. The van der Waals surface area contributed by atoms with Crippen LogP contribution in [0.1, 0.15) is 18.4 Å². The Labute approximate surface area is 137 Å². The summed E-state index contributed by atoms with van der Waals surface area (Å²) < 4.78 is 32.4. The molecule has 0 amide bonds. The zero-order valence-electron chi connectivity index (χ0n) is 12.3. The second-order valence-corrected chi connectivity index (χ2v) is 6.97. The van der Waals surface area contributed by atoms with Crippen molar-refractivity contribution < 1.29 is 13.2 Å². The number of ether oxygens (including phenoxy) is 1. The van der Waals surface area contributed by atoms with Gasteiger partial charge in [0.05, 0.1) is 28.7 Å². The number of rotatable bonds is 6. The molecule has 22 heavy (non-hydrogen) atoms. The largest absolute Gasteiger partial charge is 0.383 e. The Bertz CT molecular complexity index is 620. The zero-order valence-corrected chi connectivity index (χ0v) is 14.0. The molecule has 0 saturated carbocycles. The summed E-state index contributed by atoms with van der Waals surface area (Å²) in [7, 11) is -1.98. The maximum absolute atomic E-state index is 12.3. The van der Waals surface area contributed by atoms with E-state index >= 15 is 0 Å². The van der Waals surface area contributed by atoms with E-state index in [1.807, 2.05) is 6.07 Å². The topological polar surface area (TPSA) is 91.2 Å². The van der Waals surface area contributed by atoms with Gasteiger partial charge in [-0.3, -0.25) is 0 Å². The normalized spacial score (nSPS) is 21.1. The second-order valence-electron chi connectivity index (χ2n) is 5.20. The number of nitrogens with zero attached hydrogens (tertiary/aromatic N) is 1. The van der Waals surface area contributed by atoms with Gasteiger partial charge in [0, 0.05) is 13.7 Å². The van der Waals surface area contributed by atoms with Crippen molar-refractivity contribution in [2.24, 2.45) is 0 Å². The monoisotopic (exact) mass is 345 g/mol. The van der Waals surface area contributed by atoms with Gasteiger partial charge in [0.1, 0.15) is 0 Å². The number of sulfonamides is 1. The fraction of sp³-hybridized carbons (Fsp3) is 0.500. The number of hydrogen-bond acceptors (Lipinski definition) is 5. The van der Waals surface area contributed by atoms with Crippen LogP contribution in [-0.2, 0) is 14.8 Å². The molecule has 1 atom stereocenters. The summed E-state index contributed by atoms with van der Waals surface area (Å²) in [6.07, 6.45) is 1.87. The van der Waals surface area contributed by atoms with Crippen LogP contribution in [0.15, 0.2) is 29.2 Å². The molecule has 122 valence electrons. The molecule has 8 heteroatoms. The summed E-state index contributed by atoms with van der Waals surface area (Å²) >= 11 is 0. The van der Waals surface area contributed by atoms with Crippen LogP contribution in [0.3, 0.4) is 0 Å². The lowest BCUT2D eigenvalue weighted by Gasteiger charge is -2.28. The highest BCUT2D eigenvalue weighted by molar-refractivity contribution is 7.89. The average Bonchev–Trinajstić information content (AvgIpc) is 2.95. The minimum Gasteiger partial charge on any atom is -0.383 e. The smallest absolute Gasteiger partial charge is 0.240 e. The Morgan fingerprint density at radius 1 is 1.41 bits per heavy atom. The number of methoxy groups -OCH3 is 1. The van der Waals surface area contributed by atoms with E-state index in [-0.39, 0.29) is 29.4 Å². The molecule has 1 fully saturated rings. The van der Waals surface area contributed by atoms with Crippen molar-refractivity contribution in [1.82, 2.24) is 10.0 Å². The number of halogens is 1. The molecule has 0 radical (unpaired) electrons. The lowest BCUT2D eigenvalue weighted by molar-refractivity contribution is 0.122. The molecular weight excluding hydrogens is 326 g/mol. The third-order valence-electron chi connectivity index (χ3n) is 3.65. The van der Waals surface area contributed by atoms with E-state index in [1.165, 1.54) is 24.3 Å². The van der Waals surface area contributed by atoms with E-state index in [0.29, 0.717) is 12.2 Å². The number of nitriles is 1. The molecule has 0 aliphatic carbocycles. The van der Waals surface area contributed by atoms with Crippen LogP contribution in [0.4, 0.5) is 0 Å². The van der Waals surface area contributed by atoms with Gasteiger partial charge in [-0.1, -0.05) is 0 Å². The van der Waals surface area contributed by atoms with E-state index in [2.05, 4.69) is 10.0 Å². The molecule has 1 aliphatic rings. The molecule has 1 aromatic rings. The van der Waals surface area contributed by atoms with Crippen LogP contribution in [0.5, 0.6) is 0 Å². The third-order valence-corrected chi connectivity index (χ3v) is 5.06. The first-order valence-electron chi connectivity index (χ1n) is 6.75. The number of nitrogens with one attached hydrogen (secondary N) is 2. The maximum Gasteiger partial charge on any atom is 0.240 e. The summed E-state index contributed by atoms with van der Waals surface area (Å²) in [6, 6.07) is 7.82. The Morgan fingerprint density at radius 2 is 2.09 bits per heavy atom. The summed E-state index contributed by atoms with van der Waals surface area (Å²) in [5.74, 6) is 0. The quantitative estimate of drug-likeness (QED) is 0.803. The fourth-order valence-electron chi connectivity index (χ4n) is 2.50. The van der Waals surface area contributed by atoms with Gasteiger partial charge in [-0.2, -0.15) is 5.26 Å².